The maximum atomic E-state index is 11.6. The van der Waals surface area contributed by atoms with E-state index in [1.807, 2.05) is 6.92 Å². The van der Waals surface area contributed by atoms with Gasteiger partial charge in [-0.05, 0) is 19.8 Å². The van der Waals surface area contributed by atoms with Crippen molar-refractivity contribution >= 4 is 11.9 Å². The largest absolute Gasteiger partial charge is 0.481 e. The van der Waals surface area contributed by atoms with Gasteiger partial charge in [0.05, 0.1) is 6.42 Å². The summed E-state index contributed by atoms with van der Waals surface area (Å²) in [6.45, 7) is 3.13. The lowest BCUT2D eigenvalue weighted by Crippen LogP contribution is -2.50. The maximum absolute atomic E-state index is 11.6. The van der Waals surface area contributed by atoms with Gasteiger partial charge in [-0.15, -0.1) is 0 Å². The summed E-state index contributed by atoms with van der Waals surface area (Å²) in [6, 6.07) is 0.143. The summed E-state index contributed by atoms with van der Waals surface area (Å²) < 4.78 is 0. The van der Waals surface area contributed by atoms with E-state index in [2.05, 4.69) is 0 Å². The van der Waals surface area contributed by atoms with E-state index in [0.717, 1.165) is 12.8 Å². The quantitative estimate of drug-likeness (QED) is 0.691. The Kier molecular flexibility index (Phi) is 4.73. The highest BCUT2D eigenvalue weighted by Gasteiger charge is 2.31. The second kappa shape index (κ2) is 5.84. The number of carboxylic acid groups (broad SMARTS) is 1. The number of carbonyl (C=O) groups excluding carboxylic acids is 1. The zero-order valence-electron chi connectivity index (χ0n) is 9.69. The van der Waals surface area contributed by atoms with Crippen LogP contribution in [-0.4, -0.2) is 41.0 Å². The zero-order chi connectivity index (χ0) is 12.1. The number of hydrogen-bond acceptors (Lipinski definition) is 3. The minimum absolute atomic E-state index is 0.127. The molecule has 1 heterocycles. The van der Waals surface area contributed by atoms with Crippen molar-refractivity contribution in [3.05, 3.63) is 0 Å². The molecule has 0 spiro atoms. The van der Waals surface area contributed by atoms with E-state index in [1.165, 1.54) is 0 Å². The Balaban J connectivity index is 2.10. The molecular weight excluding hydrogens is 208 g/mol. The molecule has 1 fully saturated rings. The lowest BCUT2D eigenvalue weighted by molar-refractivity contribution is -0.145. The lowest BCUT2D eigenvalue weighted by Gasteiger charge is -2.38. The first-order chi connectivity index (χ1) is 7.49. The second-order valence-corrected chi connectivity index (χ2v) is 4.63. The normalized spacial score (nSPS) is 18.0. The summed E-state index contributed by atoms with van der Waals surface area (Å²) in [5, 5.41) is 8.56. The van der Waals surface area contributed by atoms with Gasteiger partial charge in [0.15, 0.2) is 0 Å². The van der Waals surface area contributed by atoms with Crippen LogP contribution in [0.1, 0.15) is 32.6 Å². The van der Waals surface area contributed by atoms with Gasteiger partial charge in [-0.1, -0.05) is 0 Å². The number of carbonyl (C=O) groups is 2. The summed E-state index contributed by atoms with van der Waals surface area (Å²) in [7, 11) is 0. The summed E-state index contributed by atoms with van der Waals surface area (Å²) in [5.74, 6) is -0.508. The third kappa shape index (κ3) is 4.18. The lowest BCUT2D eigenvalue weighted by atomic mass is 9.95. The number of likely N-dealkylation sites (tertiary alicyclic amines) is 1. The number of carboxylic acids is 1. The molecule has 5 heteroatoms. The predicted octanol–water partition coefficient (Wildman–Crippen LogP) is 0.437. The van der Waals surface area contributed by atoms with Crippen molar-refractivity contribution in [2.75, 3.05) is 13.1 Å². The smallest absolute Gasteiger partial charge is 0.303 e. The van der Waals surface area contributed by atoms with E-state index < -0.39 is 5.97 Å². The number of rotatable bonds is 6. The van der Waals surface area contributed by atoms with Crippen LogP contribution >= 0.6 is 0 Å². The van der Waals surface area contributed by atoms with Gasteiger partial charge >= 0.3 is 5.97 Å². The van der Waals surface area contributed by atoms with Crippen LogP contribution in [0.4, 0.5) is 0 Å². The molecule has 0 saturated carbocycles. The van der Waals surface area contributed by atoms with Crippen molar-refractivity contribution in [2.24, 2.45) is 11.7 Å². The van der Waals surface area contributed by atoms with Crippen molar-refractivity contribution < 1.29 is 14.7 Å². The summed E-state index contributed by atoms with van der Waals surface area (Å²) in [5.41, 5.74) is 5.59. The molecule has 1 amide bonds. The van der Waals surface area contributed by atoms with Crippen LogP contribution in [0.15, 0.2) is 0 Å². The Bertz CT molecular complexity index is 260. The molecule has 0 aliphatic carbocycles. The molecule has 1 rings (SSSR count). The van der Waals surface area contributed by atoms with E-state index in [0.29, 0.717) is 19.5 Å². The third-order valence-corrected chi connectivity index (χ3v) is 2.82. The summed E-state index contributed by atoms with van der Waals surface area (Å²) in [4.78, 5) is 23.7. The molecule has 1 atom stereocenters. The van der Waals surface area contributed by atoms with E-state index in [9.17, 15) is 9.59 Å². The first-order valence-corrected chi connectivity index (χ1v) is 5.74. The van der Waals surface area contributed by atoms with Gasteiger partial charge in [-0.2, -0.15) is 0 Å². The van der Waals surface area contributed by atoms with Gasteiger partial charge in [0.25, 0.3) is 0 Å². The molecule has 0 radical (unpaired) electrons. The van der Waals surface area contributed by atoms with Gasteiger partial charge in [-0.3, -0.25) is 9.59 Å². The molecule has 0 aromatic heterocycles. The SMILES string of the molecule is CC(N)CCCC(=O)N1CC(CC(=O)O)C1. The van der Waals surface area contributed by atoms with Crippen LogP contribution in [0.2, 0.25) is 0 Å². The number of amides is 1. The molecule has 1 aliphatic rings. The first-order valence-electron chi connectivity index (χ1n) is 5.74. The maximum Gasteiger partial charge on any atom is 0.303 e. The van der Waals surface area contributed by atoms with Gasteiger partial charge < -0.3 is 15.7 Å². The van der Waals surface area contributed by atoms with E-state index in [4.69, 9.17) is 10.8 Å². The van der Waals surface area contributed by atoms with Crippen molar-refractivity contribution in [2.45, 2.75) is 38.6 Å². The highest BCUT2D eigenvalue weighted by Crippen LogP contribution is 2.20. The molecule has 0 aromatic rings. The average Bonchev–Trinajstić information content (AvgIpc) is 2.09. The molecule has 5 nitrogen and oxygen atoms in total. The molecule has 0 aromatic carbocycles. The zero-order valence-corrected chi connectivity index (χ0v) is 9.69. The minimum atomic E-state index is -0.783. The van der Waals surface area contributed by atoms with Gasteiger partial charge in [0, 0.05) is 31.5 Å². The van der Waals surface area contributed by atoms with Crippen molar-refractivity contribution in [1.29, 1.82) is 0 Å². The molecule has 16 heavy (non-hydrogen) atoms. The molecule has 1 aliphatic heterocycles. The average molecular weight is 228 g/mol. The number of nitrogens with two attached hydrogens (primary N) is 1. The Labute approximate surface area is 95.6 Å². The highest BCUT2D eigenvalue weighted by molar-refractivity contribution is 5.77. The minimum Gasteiger partial charge on any atom is -0.481 e. The molecule has 3 N–H and O–H groups in total. The Morgan fingerprint density at radius 1 is 1.50 bits per heavy atom. The Morgan fingerprint density at radius 3 is 2.62 bits per heavy atom. The van der Waals surface area contributed by atoms with Gasteiger partial charge in [0.2, 0.25) is 5.91 Å². The Hall–Kier alpha value is -1.10. The van der Waals surface area contributed by atoms with E-state index in [1.54, 1.807) is 4.90 Å². The monoisotopic (exact) mass is 228 g/mol. The molecular formula is C11H20N2O3. The standard InChI is InChI=1S/C11H20N2O3/c1-8(12)3-2-4-10(14)13-6-9(7-13)5-11(15)16/h8-9H,2-7,12H2,1H3,(H,15,16). The van der Waals surface area contributed by atoms with Crippen LogP contribution in [0.3, 0.4) is 0 Å². The van der Waals surface area contributed by atoms with Crippen molar-refractivity contribution in [3.63, 3.8) is 0 Å². The van der Waals surface area contributed by atoms with Crippen molar-refractivity contribution in [1.82, 2.24) is 4.90 Å². The van der Waals surface area contributed by atoms with Crippen LogP contribution < -0.4 is 5.73 Å². The fraction of sp³-hybridized carbons (Fsp3) is 0.818. The van der Waals surface area contributed by atoms with Crippen LogP contribution in [0, 0.1) is 5.92 Å². The predicted molar refractivity (Wildman–Crippen MR) is 59.8 cm³/mol. The van der Waals surface area contributed by atoms with Crippen LogP contribution in [-0.2, 0) is 9.59 Å². The van der Waals surface area contributed by atoms with Crippen LogP contribution in [0.5, 0.6) is 0 Å². The topological polar surface area (TPSA) is 83.6 Å². The Morgan fingerprint density at radius 2 is 2.12 bits per heavy atom. The van der Waals surface area contributed by atoms with E-state index in [-0.39, 0.29) is 24.3 Å². The summed E-state index contributed by atoms with van der Waals surface area (Å²) in [6.07, 6.45) is 2.37. The third-order valence-electron chi connectivity index (χ3n) is 2.82. The van der Waals surface area contributed by atoms with Gasteiger partial charge in [-0.25, -0.2) is 0 Å². The molecule has 92 valence electrons. The summed E-state index contributed by atoms with van der Waals surface area (Å²) >= 11 is 0. The first kappa shape index (κ1) is 13.0. The molecule has 1 saturated heterocycles. The highest BCUT2D eigenvalue weighted by atomic mass is 16.4. The fourth-order valence-corrected chi connectivity index (χ4v) is 1.88. The molecule has 0 bridgehead atoms. The van der Waals surface area contributed by atoms with E-state index >= 15 is 0 Å². The van der Waals surface area contributed by atoms with Crippen molar-refractivity contribution in [3.8, 4) is 0 Å². The molecule has 1 unspecified atom stereocenters. The number of aliphatic carboxylic acids is 1. The number of hydrogen-bond donors (Lipinski definition) is 2. The second-order valence-electron chi connectivity index (χ2n) is 4.63. The fourth-order valence-electron chi connectivity index (χ4n) is 1.88. The van der Waals surface area contributed by atoms with Crippen LogP contribution in [0.25, 0.3) is 0 Å². The number of nitrogens with zero attached hydrogens (tertiary/aromatic N) is 1. The van der Waals surface area contributed by atoms with Gasteiger partial charge in [0.1, 0.15) is 0 Å².